The van der Waals surface area contributed by atoms with E-state index in [-0.39, 0.29) is 5.48 Å². The number of hydrogen-bond acceptors (Lipinski definition) is 2. The molecule has 0 saturated carbocycles. The molecule has 0 amide bonds. The first kappa shape index (κ1) is 18.3. The van der Waals surface area contributed by atoms with E-state index in [1.54, 1.807) is 0 Å². The van der Waals surface area contributed by atoms with E-state index >= 15 is 0 Å². The molecule has 2 N–H and O–H groups in total. The maximum absolute atomic E-state index is 4.94. The topological polar surface area (TPSA) is 50.0 Å². The Bertz CT molecular complexity index is 72.1. The zero-order chi connectivity index (χ0) is 11.2. The molecule has 0 aromatic carbocycles. The fourth-order valence-corrected chi connectivity index (χ4v) is 1.37. The fraction of sp³-hybridized carbons (Fsp3) is 1.00. The Kier molecular flexibility index (Phi) is 19.7. The van der Waals surface area contributed by atoms with Gasteiger partial charge >= 0.3 is 0 Å². The van der Waals surface area contributed by atoms with Gasteiger partial charge in [-0.15, -0.1) is 0 Å². The molecular formula is C13H30O3. The molecule has 16 heavy (non-hydrogen) atoms. The van der Waals surface area contributed by atoms with E-state index in [2.05, 4.69) is 13.8 Å². The lowest BCUT2D eigenvalue weighted by atomic mass is 10.3. The van der Waals surface area contributed by atoms with Gasteiger partial charge in [0.15, 0.2) is 0 Å². The van der Waals surface area contributed by atoms with E-state index in [9.17, 15) is 0 Å². The summed E-state index contributed by atoms with van der Waals surface area (Å²) in [5, 5.41) is 0. The van der Waals surface area contributed by atoms with Crippen molar-refractivity contribution in [2.24, 2.45) is 0 Å². The number of rotatable bonds is 2. The summed E-state index contributed by atoms with van der Waals surface area (Å²) in [6.45, 7) is 8.42. The molecule has 0 unspecified atom stereocenters. The summed E-state index contributed by atoms with van der Waals surface area (Å²) in [4.78, 5) is 0. The standard InChI is InChI=1S/C5H12.2C4H8O.H2O/c1-3-5-4-2;2*1-2-4-5-3-1;/h3-5H2,1-2H3;2*1-4H2;1H2. The van der Waals surface area contributed by atoms with Gasteiger partial charge in [0.2, 0.25) is 0 Å². The minimum absolute atomic E-state index is 0. The maximum Gasteiger partial charge on any atom is 0.0466 e. The van der Waals surface area contributed by atoms with Gasteiger partial charge in [0.05, 0.1) is 0 Å². The van der Waals surface area contributed by atoms with Gasteiger partial charge in [-0.2, -0.15) is 0 Å². The van der Waals surface area contributed by atoms with Crippen LogP contribution in [0.1, 0.15) is 58.8 Å². The quantitative estimate of drug-likeness (QED) is 0.737. The molecule has 0 radical (unpaired) electrons. The van der Waals surface area contributed by atoms with Crippen LogP contribution >= 0.6 is 0 Å². The summed E-state index contributed by atoms with van der Waals surface area (Å²) < 4.78 is 9.89. The molecule has 0 atom stereocenters. The molecular weight excluding hydrogens is 204 g/mol. The highest BCUT2D eigenvalue weighted by Crippen LogP contribution is 1.98. The number of unbranched alkanes of at least 4 members (excludes halogenated alkanes) is 2. The Balaban J connectivity index is 0. The molecule has 2 saturated heterocycles. The number of ether oxygens (including phenoxy) is 2. The van der Waals surface area contributed by atoms with Crippen molar-refractivity contribution in [2.45, 2.75) is 58.8 Å². The van der Waals surface area contributed by atoms with E-state index in [0.29, 0.717) is 0 Å². The SMILES string of the molecule is C1CCOC1.C1CCOC1.CCCCC.O. The van der Waals surface area contributed by atoms with Crippen molar-refractivity contribution in [3.8, 4) is 0 Å². The highest BCUT2D eigenvalue weighted by molar-refractivity contribution is 4.44. The average molecular weight is 234 g/mol. The van der Waals surface area contributed by atoms with Crippen LogP contribution < -0.4 is 0 Å². The van der Waals surface area contributed by atoms with Gasteiger partial charge in [-0.05, 0) is 25.7 Å². The number of hydrogen-bond donors (Lipinski definition) is 0. The van der Waals surface area contributed by atoms with Crippen LogP contribution in [0.25, 0.3) is 0 Å². The molecule has 2 aliphatic heterocycles. The van der Waals surface area contributed by atoms with Crippen molar-refractivity contribution < 1.29 is 14.9 Å². The third-order valence-corrected chi connectivity index (χ3v) is 2.36. The van der Waals surface area contributed by atoms with Crippen LogP contribution in [0.15, 0.2) is 0 Å². The molecule has 2 fully saturated rings. The van der Waals surface area contributed by atoms with Crippen molar-refractivity contribution in [3.05, 3.63) is 0 Å². The van der Waals surface area contributed by atoms with Crippen molar-refractivity contribution in [2.75, 3.05) is 26.4 Å². The average Bonchev–Trinajstić information content (AvgIpc) is 2.99. The van der Waals surface area contributed by atoms with E-state index in [1.807, 2.05) is 0 Å². The molecule has 2 aliphatic rings. The zero-order valence-corrected chi connectivity index (χ0v) is 11.1. The van der Waals surface area contributed by atoms with Crippen molar-refractivity contribution >= 4 is 0 Å². The molecule has 0 spiro atoms. The molecule has 0 aliphatic carbocycles. The van der Waals surface area contributed by atoms with Crippen LogP contribution in [0.4, 0.5) is 0 Å². The fourth-order valence-electron chi connectivity index (χ4n) is 1.37. The van der Waals surface area contributed by atoms with Crippen LogP contribution in [0.3, 0.4) is 0 Å². The van der Waals surface area contributed by atoms with Crippen LogP contribution in [-0.2, 0) is 9.47 Å². The van der Waals surface area contributed by atoms with E-state index in [4.69, 9.17) is 9.47 Å². The zero-order valence-electron chi connectivity index (χ0n) is 11.1. The first-order valence-electron chi connectivity index (χ1n) is 6.57. The monoisotopic (exact) mass is 234 g/mol. The molecule has 0 aromatic heterocycles. The van der Waals surface area contributed by atoms with Gasteiger partial charge in [0, 0.05) is 26.4 Å². The van der Waals surface area contributed by atoms with Crippen LogP contribution in [0.5, 0.6) is 0 Å². The van der Waals surface area contributed by atoms with Crippen LogP contribution in [-0.4, -0.2) is 31.9 Å². The molecule has 3 nitrogen and oxygen atoms in total. The van der Waals surface area contributed by atoms with Gasteiger partial charge in [-0.3, -0.25) is 0 Å². The van der Waals surface area contributed by atoms with E-state index in [1.165, 1.54) is 44.9 Å². The summed E-state index contributed by atoms with van der Waals surface area (Å²) in [5.41, 5.74) is 0. The molecule has 100 valence electrons. The second kappa shape index (κ2) is 17.3. The second-order valence-electron chi connectivity index (χ2n) is 3.99. The van der Waals surface area contributed by atoms with Crippen molar-refractivity contribution in [1.82, 2.24) is 0 Å². The van der Waals surface area contributed by atoms with Crippen molar-refractivity contribution in [3.63, 3.8) is 0 Å². The predicted molar refractivity (Wildman–Crippen MR) is 68.9 cm³/mol. The lowest BCUT2D eigenvalue weighted by molar-refractivity contribution is 0.198. The smallest absolute Gasteiger partial charge is 0.0466 e. The van der Waals surface area contributed by atoms with Crippen LogP contribution in [0.2, 0.25) is 0 Å². The van der Waals surface area contributed by atoms with E-state index < -0.39 is 0 Å². The predicted octanol–water partition coefficient (Wildman–Crippen LogP) is 2.97. The van der Waals surface area contributed by atoms with Gasteiger partial charge < -0.3 is 14.9 Å². The molecule has 0 bridgehead atoms. The minimum atomic E-state index is 0. The first-order chi connectivity index (χ1) is 7.41. The molecule has 0 aromatic rings. The summed E-state index contributed by atoms with van der Waals surface area (Å²) in [7, 11) is 0. The molecule has 2 heterocycles. The van der Waals surface area contributed by atoms with E-state index in [0.717, 1.165) is 26.4 Å². The van der Waals surface area contributed by atoms with Crippen molar-refractivity contribution in [1.29, 1.82) is 0 Å². The maximum atomic E-state index is 4.94. The Morgan fingerprint density at radius 2 is 1.00 bits per heavy atom. The Hall–Kier alpha value is -0.120. The third kappa shape index (κ3) is 16.3. The molecule has 2 rings (SSSR count). The molecule has 3 heteroatoms. The summed E-state index contributed by atoms with van der Waals surface area (Å²) in [6.07, 6.45) is 9.19. The summed E-state index contributed by atoms with van der Waals surface area (Å²) >= 11 is 0. The van der Waals surface area contributed by atoms with Gasteiger partial charge in [0.25, 0.3) is 0 Å². The normalized spacial score (nSPS) is 17.6. The summed E-state index contributed by atoms with van der Waals surface area (Å²) in [6, 6.07) is 0. The highest BCUT2D eigenvalue weighted by Gasteiger charge is 1.95. The van der Waals surface area contributed by atoms with Gasteiger partial charge in [-0.1, -0.05) is 33.1 Å². The van der Waals surface area contributed by atoms with Gasteiger partial charge in [-0.25, -0.2) is 0 Å². The van der Waals surface area contributed by atoms with Crippen LogP contribution in [0, 0.1) is 0 Å². The lowest BCUT2D eigenvalue weighted by Gasteiger charge is -1.79. The lowest BCUT2D eigenvalue weighted by Crippen LogP contribution is -1.74. The Morgan fingerprint density at radius 3 is 1.06 bits per heavy atom. The minimum Gasteiger partial charge on any atom is -0.412 e. The van der Waals surface area contributed by atoms with Gasteiger partial charge in [0.1, 0.15) is 0 Å². The summed E-state index contributed by atoms with van der Waals surface area (Å²) in [5.74, 6) is 0. The Morgan fingerprint density at radius 1 is 0.688 bits per heavy atom. The first-order valence-corrected chi connectivity index (χ1v) is 6.57. The highest BCUT2D eigenvalue weighted by atomic mass is 16.5. The largest absolute Gasteiger partial charge is 0.412 e. The third-order valence-electron chi connectivity index (χ3n) is 2.36. The Labute approximate surface area is 101 Å². The second-order valence-corrected chi connectivity index (χ2v) is 3.99.